The monoisotopic (exact) mass is 314 g/mol. The van der Waals surface area contributed by atoms with E-state index < -0.39 is 5.82 Å². The van der Waals surface area contributed by atoms with Crippen LogP contribution in [-0.2, 0) is 0 Å². The van der Waals surface area contributed by atoms with E-state index in [0.29, 0.717) is 11.1 Å². The standard InChI is InChI=1S/C12H8BrFO2S/c1-16-10-3-2-7(4-9(10)14)12(15)8-5-11(13)17-6-8/h2-6H,1H3. The summed E-state index contributed by atoms with van der Waals surface area (Å²) in [5.41, 5.74) is 0.861. The highest BCUT2D eigenvalue weighted by molar-refractivity contribution is 9.11. The molecule has 0 saturated heterocycles. The summed E-state index contributed by atoms with van der Waals surface area (Å²) < 4.78 is 19.1. The Labute approximate surface area is 110 Å². The van der Waals surface area contributed by atoms with Gasteiger partial charge in [-0.15, -0.1) is 11.3 Å². The number of ether oxygens (including phenoxy) is 1. The van der Waals surface area contributed by atoms with Gasteiger partial charge in [-0.3, -0.25) is 4.79 Å². The molecule has 1 heterocycles. The number of methoxy groups -OCH3 is 1. The minimum absolute atomic E-state index is 0.132. The molecule has 1 aromatic heterocycles. The lowest BCUT2D eigenvalue weighted by Gasteiger charge is -2.03. The van der Waals surface area contributed by atoms with Crippen LogP contribution in [0, 0.1) is 5.82 Å². The van der Waals surface area contributed by atoms with Crippen LogP contribution in [0.5, 0.6) is 5.75 Å². The van der Waals surface area contributed by atoms with Crippen LogP contribution < -0.4 is 4.74 Å². The topological polar surface area (TPSA) is 26.3 Å². The van der Waals surface area contributed by atoms with Crippen molar-refractivity contribution in [2.24, 2.45) is 0 Å². The Morgan fingerprint density at radius 1 is 1.35 bits per heavy atom. The number of benzene rings is 1. The fourth-order valence-electron chi connectivity index (χ4n) is 1.40. The maximum absolute atomic E-state index is 13.4. The van der Waals surface area contributed by atoms with Gasteiger partial charge in [-0.05, 0) is 40.2 Å². The molecule has 0 bridgehead atoms. The Balaban J connectivity index is 2.35. The van der Waals surface area contributed by atoms with Crippen LogP contribution in [0.3, 0.4) is 0 Å². The zero-order valence-electron chi connectivity index (χ0n) is 8.87. The van der Waals surface area contributed by atoms with Gasteiger partial charge in [-0.2, -0.15) is 0 Å². The number of carbonyl (C=O) groups is 1. The van der Waals surface area contributed by atoms with Gasteiger partial charge in [0.25, 0.3) is 0 Å². The molecule has 0 spiro atoms. The largest absolute Gasteiger partial charge is 0.494 e. The second kappa shape index (κ2) is 4.98. The van der Waals surface area contributed by atoms with E-state index in [0.717, 1.165) is 3.79 Å². The number of carbonyl (C=O) groups excluding carboxylic acids is 1. The second-order valence-corrected chi connectivity index (χ2v) is 5.61. The van der Waals surface area contributed by atoms with Crippen molar-refractivity contribution in [3.8, 4) is 5.75 Å². The fourth-order valence-corrected chi connectivity index (χ4v) is 2.54. The normalized spacial score (nSPS) is 10.3. The summed E-state index contributed by atoms with van der Waals surface area (Å²) in [6, 6.07) is 5.90. The van der Waals surface area contributed by atoms with Crippen molar-refractivity contribution in [3.05, 3.63) is 50.4 Å². The third-order valence-corrected chi connectivity index (χ3v) is 3.75. The number of hydrogen-bond acceptors (Lipinski definition) is 3. The quantitative estimate of drug-likeness (QED) is 0.803. The van der Waals surface area contributed by atoms with Gasteiger partial charge in [0, 0.05) is 16.5 Å². The van der Waals surface area contributed by atoms with Crippen molar-refractivity contribution in [1.82, 2.24) is 0 Å². The maximum Gasteiger partial charge on any atom is 0.194 e. The summed E-state index contributed by atoms with van der Waals surface area (Å²) >= 11 is 4.70. The van der Waals surface area contributed by atoms with Gasteiger partial charge in [0.05, 0.1) is 10.9 Å². The highest BCUT2D eigenvalue weighted by Crippen LogP contribution is 2.24. The van der Waals surface area contributed by atoms with E-state index in [4.69, 9.17) is 4.74 Å². The van der Waals surface area contributed by atoms with Gasteiger partial charge in [0.1, 0.15) is 0 Å². The molecule has 0 aliphatic heterocycles. The molecular weight excluding hydrogens is 307 g/mol. The van der Waals surface area contributed by atoms with Crippen LogP contribution >= 0.6 is 27.3 Å². The lowest BCUT2D eigenvalue weighted by atomic mass is 10.1. The average molecular weight is 315 g/mol. The number of ketones is 1. The average Bonchev–Trinajstić information content (AvgIpc) is 2.75. The van der Waals surface area contributed by atoms with E-state index in [1.54, 1.807) is 17.5 Å². The van der Waals surface area contributed by atoms with Crippen molar-refractivity contribution in [2.75, 3.05) is 7.11 Å². The summed E-state index contributed by atoms with van der Waals surface area (Å²) in [5.74, 6) is -0.603. The molecule has 1 aromatic carbocycles. The van der Waals surface area contributed by atoms with E-state index in [1.807, 2.05) is 0 Å². The minimum Gasteiger partial charge on any atom is -0.494 e. The Morgan fingerprint density at radius 2 is 2.12 bits per heavy atom. The molecule has 0 fully saturated rings. The molecule has 0 aliphatic rings. The molecule has 2 nitrogen and oxygen atoms in total. The van der Waals surface area contributed by atoms with Crippen molar-refractivity contribution < 1.29 is 13.9 Å². The third-order valence-electron chi connectivity index (χ3n) is 2.24. The molecule has 0 saturated carbocycles. The highest BCUT2D eigenvalue weighted by atomic mass is 79.9. The number of rotatable bonds is 3. The van der Waals surface area contributed by atoms with Gasteiger partial charge in [0.15, 0.2) is 17.3 Å². The molecule has 2 aromatic rings. The summed E-state index contributed by atoms with van der Waals surface area (Å²) in [7, 11) is 1.38. The fraction of sp³-hybridized carbons (Fsp3) is 0.0833. The molecule has 17 heavy (non-hydrogen) atoms. The first-order valence-electron chi connectivity index (χ1n) is 4.74. The molecule has 0 amide bonds. The van der Waals surface area contributed by atoms with Gasteiger partial charge in [-0.1, -0.05) is 0 Å². The predicted molar refractivity (Wildman–Crippen MR) is 68.4 cm³/mol. The molecule has 0 aliphatic carbocycles. The van der Waals surface area contributed by atoms with Crippen molar-refractivity contribution in [2.45, 2.75) is 0 Å². The molecule has 0 N–H and O–H groups in total. The number of halogens is 2. The molecule has 0 unspecified atom stereocenters. The Kier molecular flexibility index (Phi) is 3.59. The van der Waals surface area contributed by atoms with E-state index in [9.17, 15) is 9.18 Å². The van der Waals surface area contributed by atoms with E-state index in [-0.39, 0.29) is 11.5 Å². The van der Waals surface area contributed by atoms with Crippen LogP contribution in [0.1, 0.15) is 15.9 Å². The molecule has 88 valence electrons. The molecular formula is C12H8BrFO2S. The van der Waals surface area contributed by atoms with Gasteiger partial charge in [0.2, 0.25) is 0 Å². The first kappa shape index (κ1) is 12.3. The highest BCUT2D eigenvalue weighted by Gasteiger charge is 2.13. The molecule has 0 radical (unpaired) electrons. The Morgan fingerprint density at radius 3 is 2.65 bits per heavy atom. The number of thiophene rings is 1. The Bertz CT molecular complexity index is 565. The first-order chi connectivity index (χ1) is 8.11. The van der Waals surface area contributed by atoms with Crippen molar-refractivity contribution in [3.63, 3.8) is 0 Å². The predicted octanol–water partition coefficient (Wildman–Crippen LogP) is 3.89. The molecule has 5 heteroatoms. The van der Waals surface area contributed by atoms with E-state index >= 15 is 0 Å². The van der Waals surface area contributed by atoms with Crippen LogP contribution in [0.15, 0.2) is 33.4 Å². The summed E-state index contributed by atoms with van der Waals surface area (Å²) in [6.07, 6.45) is 0. The van der Waals surface area contributed by atoms with Crippen LogP contribution in [0.4, 0.5) is 4.39 Å². The Hall–Kier alpha value is -1.20. The maximum atomic E-state index is 13.4. The smallest absolute Gasteiger partial charge is 0.194 e. The van der Waals surface area contributed by atoms with Crippen LogP contribution in [-0.4, -0.2) is 12.9 Å². The summed E-state index contributed by atoms with van der Waals surface area (Å²) in [5, 5.41) is 1.73. The first-order valence-corrected chi connectivity index (χ1v) is 6.41. The lowest BCUT2D eigenvalue weighted by molar-refractivity contribution is 0.103. The van der Waals surface area contributed by atoms with Gasteiger partial charge < -0.3 is 4.74 Å². The van der Waals surface area contributed by atoms with Gasteiger partial charge >= 0.3 is 0 Å². The molecule has 0 atom stereocenters. The zero-order valence-corrected chi connectivity index (χ0v) is 11.3. The lowest BCUT2D eigenvalue weighted by Crippen LogP contribution is -2.00. The number of hydrogen-bond donors (Lipinski definition) is 0. The third kappa shape index (κ3) is 2.56. The van der Waals surface area contributed by atoms with Crippen LogP contribution in [0.2, 0.25) is 0 Å². The zero-order chi connectivity index (χ0) is 12.4. The molecule has 2 rings (SSSR count). The minimum atomic E-state index is -0.535. The van der Waals surface area contributed by atoms with Crippen LogP contribution in [0.25, 0.3) is 0 Å². The SMILES string of the molecule is COc1ccc(C(=O)c2csc(Br)c2)cc1F. The summed E-state index contributed by atoms with van der Waals surface area (Å²) in [6.45, 7) is 0. The second-order valence-electron chi connectivity index (χ2n) is 3.32. The van der Waals surface area contributed by atoms with E-state index in [1.165, 1.54) is 30.6 Å². The summed E-state index contributed by atoms with van der Waals surface area (Å²) in [4.78, 5) is 12.0. The van der Waals surface area contributed by atoms with Gasteiger partial charge in [-0.25, -0.2) is 4.39 Å². The van der Waals surface area contributed by atoms with E-state index in [2.05, 4.69) is 15.9 Å². The van der Waals surface area contributed by atoms with Crippen molar-refractivity contribution >= 4 is 33.0 Å². The van der Waals surface area contributed by atoms with Crippen molar-refractivity contribution in [1.29, 1.82) is 0 Å².